The van der Waals surface area contributed by atoms with Crippen LogP contribution >= 0.6 is 0 Å². The maximum absolute atomic E-state index is 13.5. The van der Waals surface area contributed by atoms with Crippen LogP contribution in [0.3, 0.4) is 0 Å². The fourth-order valence-electron chi connectivity index (χ4n) is 4.62. The van der Waals surface area contributed by atoms with E-state index in [1.165, 1.54) is 6.20 Å². The summed E-state index contributed by atoms with van der Waals surface area (Å²) in [5.74, 6) is -0.560. The Kier molecular flexibility index (Phi) is 7.53. The molecule has 0 unspecified atom stereocenters. The average molecular weight is 498 g/mol. The molecule has 1 aliphatic rings. The topological polar surface area (TPSA) is 101 Å². The summed E-state index contributed by atoms with van der Waals surface area (Å²) in [5.41, 5.74) is 2.41. The van der Waals surface area contributed by atoms with Gasteiger partial charge in [0.05, 0.1) is 23.2 Å². The highest BCUT2D eigenvalue weighted by Crippen LogP contribution is 2.33. The quantitative estimate of drug-likeness (QED) is 0.464. The lowest BCUT2D eigenvalue weighted by Gasteiger charge is -2.32. The maximum atomic E-state index is 13.5. The number of carbonyl (C=O) groups excluding carboxylic acids is 2. The van der Waals surface area contributed by atoms with Gasteiger partial charge in [0.1, 0.15) is 6.29 Å². The number of likely N-dealkylation sites (N-methyl/N-ethyl adjacent to an activating group) is 1. The molecule has 10 heteroatoms. The molecule has 190 valence electrons. The smallest absolute Gasteiger partial charge is 0.314 e. The van der Waals surface area contributed by atoms with Gasteiger partial charge in [-0.15, -0.1) is 10.2 Å². The van der Waals surface area contributed by atoms with Gasteiger partial charge in [0, 0.05) is 18.8 Å². The summed E-state index contributed by atoms with van der Waals surface area (Å²) in [5, 5.41) is 10.3. The molecule has 0 atom stereocenters. The van der Waals surface area contributed by atoms with E-state index in [9.17, 15) is 18.4 Å². The number of aldehydes is 1. The molecule has 1 N–H and O–H groups in total. The normalized spacial score (nSPS) is 14.7. The Hall–Kier alpha value is -3.53. The van der Waals surface area contributed by atoms with Gasteiger partial charge in [-0.1, -0.05) is 18.2 Å². The van der Waals surface area contributed by atoms with E-state index in [4.69, 9.17) is 4.42 Å². The molecule has 8 nitrogen and oxygen atoms in total. The predicted molar refractivity (Wildman–Crippen MR) is 129 cm³/mol. The van der Waals surface area contributed by atoms with Crippen molar-refractivity contribution in [1.82, 2.24) is 25.4 Å². The highest BCUT2D eigenvalue weighted by molar-refractivity contribution is 5.91. The van der Waals surface area contributed by atoms with Crippen LogP contribution in [-0.4, -0.2) is 52.4 Å². The number of benzene rings is 1. The number of piperidine rings is 1. The third-order valence-electron chi connectivity index (χ3n) is 6.67. The van der Waals surface area contributed by atoms with Crippen LogP contribution in [0.4, 0.5) is 8.78 Å². The molecule has 0 aliphatic carbocycles. The van der Waals surface area contributed by atoms with Crippen molar-refractivity contribution in [3.05, 3.63) is 64.8 Å². The van der Waals surface area contributed by atoms with Crippen molar-refractivity contribution in [3.63, 3.8) is 0 Å². The Balaban J connectivity index is 1.50. The summed E-state index contributed by atoms with van der Waals surface area (Å²) < 4.78 is 30.3. The van der Waals surface area contributed by atoms with Crippen LogP contribution < -0.4 is 5.32 Å². The van der Waals surface area contributed by atoms with E-state index in [0.29, 0.717) is 28.3 Å². The van der Waals surface area contributed by atoms with Crippen molar-refractivity contribution in [2.24, 2.45) is 0 Å². The van der Waals surface area contributed by atoms with Crippen LogP contribution in [0.5, 0.6) is 0 Å². The number of pyridine rings is 1. The molecule has 2 aromatic heterocycles. The highest BCUT2D eigenvalue weighted by Gasteiger charge is 2.35. The molecular weight excluding hydrogens is 468 g/mol. The van der Waals surface area contributed by atoms with E-state index in [-0.39, 0.29) is 18.3 Å². The van der Waals surface area contributed by atoms with E-state index in [1.54, 1.807) is 24.1 Å². The number of nitrogens with zero attached hydrogens (tertiary/aromatic N) is 4. The van der Waals surface area contributed by atoms with E-state index >= 15 is 0 Å². The maximum Gasteiger partial charge on any atom is 0.314 e. The third kappa shape index (κ3) is 5.33. The van der Waals surface area contributed by atoms with Crippen LogP contribution in [0, 0.1) is 0 Å². The number of amides is 1. The first-order chi connectivity index (χ1) is 17.2. The van der Waals surface area contributed by atoms with Crippen molar-refractivity contribution in [3.8, 4) is 11.5 Å². The molecule has 1 fully saturated rings. The molecule has 0 spiro atoms. The SMILES string of the molecule is CN(Cc1ccc(-c2nnc(C(F)F)o2)cn1)C(=O)C(C)(C)c1cc(C2CCNCC2)ccc1C=O. The Bertz CT molecular complexity index is 1220. The van der Waals surface area contributed by atoms with Crippen molar-refractivity contribution >= 4 is 12.2 Å². The first-order valence-electron chi connectivity index (χ1n) is 11.8. The van der Waals surface area contributed by atoms with Gasteiger partial charge in [-0.05, 0) is 69.0 Å². The lowest BCUT2D eigenvalue weighted by atomic mass is 9.78. The van der Waals surface area contributed by atoms with Gasteiger partial charge >= 0.3 is 6.43 Å². The molecule has 3 heterocycles. The zero-order valence-corrected chi connectivity index (χ0v) is 20.5. The zero-order chi connectivity index (χ0) is 25.9. The molecule has 1 amide bonds. The van der Waals surface area contributed by atoms with Crippen LogP contribution in [-0.2, 0) is 16.8 Å². The molecule has 0 saturated carbocycles. The summed E-state index contributed by atoms with van der Waals surface area (Å²) in [4.78, 5) is 31.3. The molecule has 36 heavy (non-hydrogen) atoms. The predicted octanol–water partition coefficient (Wildman–Crippen LogP) is 4.28. The van der Waals surface area contributed by atoms with Crippen molar-refractivity contribution in [1.29, 1.82) is 0 Å². The number of alkyl halides is 2. The van der Waals surface area contributed by atoms with E-state index in [0.717, 1.165) is 37.8 Å². The summed E-state index contributed by atoms with van der Waals surface area (Å²) in [6, 6.07) is 9.11. The summed E-state index contributed by atoms with van der Waals surface area (Å²) in [7, 11) is 1.68. The Morgan fingerprint density at radius 2 is 1.97 bits per heavy atom. The van der Waals surface area contributed by atoms with Gasteiger partial charge in [-0.2, -0.15) is 8.78 Å². The molecule has 4 rings (SSSR count). The molecule has 1 saturated heterocycles. The van der Waals surface area contributed by atoms with Crippen molar-refractivity contribution in [2.75, 3.05) is 20.1 Å². The standard InChI is InChI=1S/C26H29F2N5O3/c1-26(2,21-12-17(4-5-19(21)15-34)16-8-10-29-11-9-16)25(35)33(3)14-20-7-6-18(13-30-20)23-31-32-24(36-23)22(27)28/h4-7,12-13,15-16,22,29H,8-11,14H2,1-3H3. The number of halogens is 2. The van der Waals surface area contributed by atoms with Crippen LogP contribution in [0.1, 0.15) is 72.1 Å². The Morgan fingerprint density at radius 1 is 1.22 bits per heavy atom. The number of nitrogens with one attached hydrogen (secondary N) is 1. The van der Waals surface area contributed by atoms with E-state index < -0.39 is 17.7 Å². The number of rotatable bonds is 8. The third-order valence-corrected chi connectivity index (χ3v) is 6.67. The van der Waals surface area contributed by atoms with Crippen LogP contribution in [0.2, 0.25) is 0 Å². The molecule has 1 aromatic carbocycles. The molecule has 0 radical (unpaired) electrons. The Morgan fingerprint density at radius 3 is 2.58 bits per heavy atom. The molecule has 3 aromatic rings. The summed E-state index contributed by atoms with van der Waals surface area (Å²) in [6.45, 7) is 5.78. The second kappa shape index (κ2) is 10.6. The lowest BCUT2D eigenvalue weighted by molar-refractivity contribution is -0.135. The largest absolute Gasteiger partial charge is 0.415 e. The fraction of sp³-hybridized carbons (Fsp3) is 0.423. The van der Waals surface area contributed by atoms with Crippen LogP contribution in [0.25, 0.3) is 11.5 Å². The molecule has 1 aliphatic heterocycles. The van der Waals surface area contributed by atoms with Gasteiger partial charge < -0.3 is 14.6 Å². The number of carbonyl (C=O) groups is 2. The first-order valence-corrected chi connectivity index (χ1v) is 11.8. The minimum absolute atomic E-state index is 0.0510. The molecule has 0 bridgehead atoms. The second-order valence-corrected chi connectivity index (χ2v) is 9.56. The number of aromatic nitrogens is 3. The van der Waals surface area contributed by atoms with Crippen molar-refractivity contribution in [2.45, 2.75) is 51.0 Å². The number of hydrogen-bond donors (Lipinski definition) is 1. The second-order valence-electron chi connectivity index (χ2n) is 9.56. The monoisotopic (exact) mass is 497 g/mol. The minimum Gasteiger partial charge on any atom is -0.415 e. The lowest BCUT2D eigenvalue weighted by Crippen LogP contribution is -2.41. The van der Waals surface area contributed by atoms with E-state index in [1.807, 2.05) is 32.0 Å². The number of hydrogen-bond acceptors (Lipinski definition) is 7. The van der Waals surface area contributed by atoms with Gasteiger partial charge in [-0.25, -0.2) is 0 Å². The van der Waals surface area contributed by atoms with Gasteiger partial charge in [0.15, 0.2) is 0 Å². The highest BCUT2D eigenvalue weighted by atomic mass is 19.3. The van der Waals surface area contributed by atoms with Crippen molar-refractivity contribution < 1.29 is 22.8 Å². The fourth-order valence-corrected chi connectivity index (χ4v) is 4.62. The summed E-state index contributed by atoms with van der Waals surface area (Å²) >= 11 is 0. The zero-order valence-electron chi connectivity index (χ0n) is 20.5. The average Bonchev–Trinajstić information content (AvgIpc) is 3.39. The van der Waals surface area contributed by atoms with Gasteiger partial charge in [-0.3, -0.25) is 14.6 Å². The first kappa shape index (κ1) is 25.6. The van der Waals surface area contributed by atoms with Crippen LogP contribution in [0.15, 0.2) is 40.9 Å². The Labute approximate surface area is 208 Å². The summed E-state index contributed by atoms with van der Waals surface area (Å²) in [6.07, 6.45) is 1.43. The van der Waals surface area contributed by atoms with E-state index in [2.05, 4.69) is 20.5 Å². The molecular formula is C26H29F2N5O3. The van der Waals surface area contributed by atoms with Gasteiger partial charge in [0.2, 0.25) is 11.8 Å². The minimum atomic E-state index is -2.85. The van der Waals surface area contributed by atoms with Gasteiger partial charge in [0.25, 0.3) is 5.89 Å².